The predicted molar refractivity (Wildman–Crippen MR) is 110 cm³/mol. The summed E-state index contributed by atoms with van der Waals surface area (Å²) in [5.74, 6) is -1.48. The van der Waals surface area contributed by atoms with Crippen molar-refractivity contribution in [3.63, 3.8) is 0 Å². The minimum Gasteiger partial charge on any atom is -0.299 e. The second kappa shape index (κ2) is 9.80. The minimum absolute atomic E-state index is 0.0898. The van der Waals surface area contributed by atoms with Crippen molar-refractivity contribution in [2.24, 2.45) is 5.92 Å². The zero-order chi connectivity index (χ0) is 20.7. The van der Waals surface area contributed by atoms with Gasteiger partial charge in [0.05, 0.1) is 11.5 Å². The van der Waals surface area contributed by atoms with Crippen LogP contribution in [0.5, 0.6) is 0 Å². The molecule has 2 rings (SSSR count). The second-order valence-electron chi connectivity index (χ2n) is 7.84. The molecule has 0 N–H and O–H groups in total. The van der Waals surface area contributed by atoms with E-state index in [0.29, 0.717) is 12.8 Å². The molecule has 4 heteroatoms. The fraction of sp³-hybridized carbons (Fsp3) is 0.458. The van der Waals surface area contributed by atoms with E-state index in [1.165, 1.54) is 23.8 Å². The van der Waals surface area contributed by atoms with Crippen molar-refractivity contribution in [2.45, 2.75) is 58.0 Å². The van der Waals surface area contributed by atoms with Crippen LogP contribution in [0.25, 0.3) is 0 Å². The maximum absolute atomic E-state index is 14.5. The van der Waals surface area contributed by atoms with Crippen molar-refractivity contribution in [2.75, 3.05) is 7.05 Å². The standard InChI is InChI=1S/C24H30F2N2/c1-5-20(28(4)16-19-10-7-6-8-11-19)14-15-24(17-27,18(2)3)23-21(25)12-9-13-22(23)26/h6-13,18,20H,5,14-16H2,1-4H3. The minimum atomic E-state index is -1.18. The van der Waals surface area contributed by atoms with Crippen LogP contribution in [0.1, 0.15) is 51.2 Å². The van der Waals surface area contributed by atoms with E-state index in [4.69, 9.17) is 0 Å². The smallest absolute Gasteiger partial charge is 0.130 e. The fourth-order valence-corrected chi connectivity index (χ4v) is 4.00. The third-order valence-corrected chi connectivity index (χ3v) is 5.84. The summed E-state index contributed by atoms with van der Waals surface area (Å²) in [6.45, 7) is 6.64. The van der Waals surface area contributed by atoms with Gasteiger partial charge in [-0.25, -0.2) is 8.78 Å². The molecule has 2 atom stereocenters. The van der Waals surface area contributed by atoms with Gasteiger partial charge in [0, 0.05) is 18.2 Å². The van der Waals surface area contributed by atoms with Crippen molar-refractivity contribution in [1.82, 2.24) is 4.90 Å². The Morgan fingerprint density at radius 3 is 2.14 bits per heavy atom. The van der Waals surface area contributed by atoms with Crippen LogP contribution in [0.3, 0.4) is 0 Å². The molecular weight excluding hydrogens is 354 g/mol. The summed E-state index contributed by atoms with van der Waals surface area (Å²) in [4.78, 5) is 2.26. The van der Waals surface area contributed by atoms with Crippen molar-refractivity contribution < 1.29 is 8.78 Å². The van der Waals surface area contributed by atoms with Gasteiger partial charge >= 0.3 is 0 Å². The van der Waals surface area contributed by atoms with Gasteiger partial charge in [-0.2, -0.15) is 5.26 Å². The summed E-state index contributed by atoms with van der Waals surface area (Å²) >= 11 is 0. The first-order chi connectivity index (χ1) is 13.4. The first kappa shape index (κ1) is 22.0. The lowest BCUT2D eigenvalue weighted by molar-refractivity contribution is 0.195. The number of hydrogen-bond donors (Lipinski definition) is 0. The largest absolute Gasteiger partial charge is 0.299 e. The van der Waals surface area contributed by atoms with Crippen molar-refractivity contribution in [1.29, 1.82) is 5.26 Å². The number of hydrogen-bond acceptors (Lipinski definition) is 2. The monoisotopic (exact) mass is 384 g/mol. The second-order valence-corrected chi connectivity index (χ2v) is 7.84. The van der Waals surface area contributed by atoms with E-state index < -0.39 is 17.0 Å². The molecule has 2 aromatic carbocycles. The Morgan fingerprint density at radius 2 is 1.64 bits per heavy atom. The third-order valence-electron chi connectivity index (χ3n) is 5.84. The first-order valence-electron chi connectivity index (χ1n) is 9.95. The lowest BCUT2D eigenvalue weighted by atomic mass is 9.68. The summed E-state index contributed by atoms with van der Waals surface area (Å²) in [6.07, 6.45) is 2.01. The molecule has 0 amide bonds. The molecule has 0 fully saturated rings. The zero-order valence-corrected chi connectivity index (χ0v) is 17.3. The maximum atomic E-state index is 14.5. The predicted octanol–water partition coefficient (Wildman–Crippen LogP) is 6.07. The molecule has 28 heavy (non-hydrogen) atoms. The molecule has 0 aromatic heterocycles. The summed E-state index contributed by atoms with van der Waals surface area (Å²) in [5.41, 5.74) is -0.0525. The Morgan fingerprint density at radius 1 is 1.04 bits per heavy atom. The van der Waals surface area contributed by atoms with E-state index in [-0.39, 0.29) is 17.5 Å². The van der Waals surface area contributed by atoms with Crippen LogP contribution in [0, 0.1) is 28.9 Å². The first-order valence-corrected chi connectivity index (χ1v) is 9.95. The lowest BCUT2D eigenvalue weighted by Gasteiger charge is -2.35. The van der Waals surface area contributed by atoms with Crippen LogP contribution < -0.4 is 0 Å². The van der Waals surface area contributed by atoms with E-state index in [9.17, 15) is 14.0 Å². The Hall–Kier alpha value is -2.25. The number of rotatable bonds is 9. The van der Waals surface area contributed by atoms with E-state index in [1.807, 2.05) is 32.0 Å². The van der Waals surface area contributed by atoms with E-state index in [2.05, 4.69) is 37.1 Å². The Labute approximate surface area is 167 Å². The van der Waals surface area contributed by atoms with E-state index >= 15 is 0 Å². The third kappa shape index (κ3) is 4.77. The molecule has 0 radical (unpaired) electrons. The molecule has 2 nitrogen and oxygen atoms in total. The van der Waals surface area contributed by atoms with Gasteiger partial charge in [0.25, 0.3) is 0 Å². The van der Waals surface area contributed by atoms with Crippen LogP contribution in [0.15, 0.2) is 48.5 Å². The summed E-state index contributed by atoms with van der Waals surface area (Å²) in [6, 6.07) is 16.5. The number of nitrogens with zero attached hydrogens (tertiary/aromatic N) is 2. The van der Waals surface area contributed by atoms with Gasteiger partial charge in [-0.05, 0) is 49.9 Å². The molecule has 0 aliphatic heterocycles. The molecule has 0 heterocycles. The van der Waals surface area contributed by atoms with Crippen molar-refractivity contribution >= 4 is 0 Å². The van der Waals surface area contributed by atoms with E-state index in [0.717, 1.165) is 13.0 Å². The molecule has 150 valence electrons. The van der Waals surface area contributed by atoms with Gasteiger partial charge in [0.2, 0.25) is 0 Å². The number of benzene rings is 2. The van der Waals surface area contributed by atoms with E-state index in [1.54, 1.807) is 0 Å². The van der Waals surface area contributed by atoms with Crippen LogP contribution in [-0.2, 0) is 12.0 Å². The maximum Gasteiger partial charge on any atom is 0.130 e. The Balaban J connectivity index is 2.24. The van der Waals surface area contributed by atoms with Crippen LogP contribution in [-0.4, -0.2) is 18.0 Å². The molecule has 0 saturated heterocycles. The highest BCUT2D eigenvalue weighted by atomic mass is 19.1. The Bertz CT molecular complexity index is 778. The average molecular weight is 385 g/mol. The van der Waals surface area contributed by atoms with Crippen LogP contribution in [0.4, 0.5) is 8.78 Å². The number of nitriles is 1. The van der Waals surface area contributed by atoms with Crippen molar-refractivity contribution in [3.8, 4) is 6.07 Å². The van der Waals surface area contributed by atoms with Gasteiger partial charge in [-0.3, -0.25) is 4.90 Å². The van der Waals surface area contributed by atoms with Gasteiger partial charge in [0.15, 0.2) is 0 Å². The highest BCUT2D eigenvalue weighted by Gasteiger charge is 2.41. The van der Waals surface area contributed by atoms with Gasteiger partial charge in [0.1, 0.15) is 11.6 Å². The molecule has 0 saturated carbocycles. The topological polar surface area (TPSA) is 27.0 Å². The summed E-state index contributed by atoms with van der Waals surface area (Å²) in [5, 5.41) is 10.0. The molecule has 2 unspecified atom stereocenters. The summed E-state index contributed by atoms with van der Waals surface area (Å²) < 4.78 is 29.1. The zero-order valence-electron chi connectivity index (χ0n) is 17.3. The molecule has 0 aliphatic rings. The molecule has 0 spiro atoms. The highest BCUT2D eigenvalue weighted by molar-refractivity contribution is 5.36. The Kier molecular flexibility index (Phi) is 7.71. The fourth-order valence-electron chi connectivity index (χ4n) is 4.00. The normalized spacial score (nSPS) is 14.7. The number of halogens is 2. The molecular formula is C24H30F2N2. The highest BCUT2D eigenvalue weighted by Crippen LogP contribution is 2.40. The van der Waals surface area contributed by atoms with Gasteiger partial charge in [-0.1, -0.05) is 57.2 Å². The average Bonchev–Trinajstić information content (AvgIpc) is 2.67. The lowest BCUT2D eigenvalue weighted by Crippen LogP contribution is -2.37. The molecule has 0 aliphatic carbocycles. The van der Waals surface area contributed by atoms with Crippen LogP contribution >= 0.6 is 0 Å². The summed E-state index contributed by atoms with van der Waals surface area (Å²) in [7, 11) is 2.06. The van der Waals surface area contributed by atoms with Crippen molar-refractivity contribution in [3.05, 3.63) is 71.3 Å². The van der Waals surface area contributed by atoms with Crippen LogP contribution in [0.2, 0.25) is 0 Å². The SMILES string of the molecule is CCC(CCC(C#N)(c1c(F)cccc1F)C(C)C)N(C)Cc1ccccc1. The molecule has 0 bridgehead atoms. The molecule has 2 aromatic rings. The van der Waals surface area contributed by atoms with Gasteiger partial charge in [-0.15, -0.1) is 0 Å². The van der Waals surface area contributed by atoms with Gasteiger partial charge < -0.3 is 0 Å². The quantitative estimate of drug-likeness (QED) is 0.524.